The highest BCUT2D eigenvalue weighted by atomic mass is 16.6. The largest absolute Gasteiger partial charge is 0.270 e. The molecule has 0 spiro atoms. The van der Waals surface area contributed by atoms with Crippen molar-refractivity contribution in [3.8, 4) is 33.4 Å². The van der Waals surface area contributed by atoms with Crippen LogP contribution in [0.2, 0.25) is 0 Å². The molecule has 0 heterocycles. The van der Waals surface area contributed by atoms with Crippen molar-refractivity contribution in [2.24, 2.45) is 0 Å². The molecule has 0 aliphatic heterocycles. The molecule has 0 bridgehead atoms. The van der Waals surface area contributed by atoms with Crippen LogP contribution in [0.4, 0.5) is 11.4 Å². The predicted molar refractivity (Wildman–Crippen MR) is 151 cm³/mol. The van der Waals surface area contributed by atoms with Crippen LogP contribution in [0.3, 0.4) is 0 Å². The molecule has 0 N–H and O–H groups in total. The Hall–Kier alpha value is -5.36. The van der Waals surface area contributed by atoms with Crippen LogP contribution in [0.25, 0.3) is 54.9 Å². The van der Waals surface area contributed by atoms with Gasteiger partial charge in [0.2, 0.25) is 0 Å². The lowest BCUT2D eigenvalue weighted by Gasteiger charge is -2.17. The Balaban J connectivity index is 1.70. The fourth-order valence-electron chi connectivity index (χ4n) is 5.13. The monoisotopic (exact) mass is 496 g/mol. The van der Waals surface area contributed by atoms with E-state index in [9.17, 15) is 20.2 Å². The molecule has 0 saturated heterocycles. The number of hydrogen-bond acceptors (Lipinski definition) is 4. The highest BCUT2D eigenvalue weighted by Crippen LogP contribution is 2.44. The van der Waals surface area contributed by atoms with E-state index >= 15 is 0 Å². The zero-order valence-corrected chi connectivity index (χ0v) is 20.1. The van der Waals surface area contributed by atoms with Crippen LogP contribution in [0.15, 0.2) is 121 Å². The van der Waals surface area contributed by atoms with Gasteiger partial charge in [-0.15, -0.1) is 0 Å². The molecule has 6 rings (SSSR count). The average molecular weight is 497 g/mol. The molecular formula is C32H20N2O4. The molecule has 0 aromatic heterocycles. The molecule has 0 radical (unpaired) electrons. The van der Waals surface area contributed by atoms with Crippen molar-refractivity contribution >= 4 is 32.9 Å². The molecule has 0 atom stereocenters. The van der Waals surface area contributed by atoms with E-state index in [2.05, 4.69) is 0 Å². The van der Waals surface area contributed by atoms with E-state index in [1.165, 1.54) is 12.1 Å². The van der Waals surface area contributed by atoms with Crippen molar-refractivity contribution < 1.29 is 9.85 Å². The molecule has 182 valence electrons. The second-order valence-electron chi connectivity index (χ2n) is 9.03. The summed E-state index contributed by atoms with van der Waals surface area (Å²) >= 11 is 0. The Morgan fingerprint density at radius 3 is 1.21 bits per heavy atom. The summed E-state index contributed by atoms with van der Waals surface area (Å²) in [6, 6.07) is 37.2. The lowest BCUT2D eigenvalue weighted by molar-refractivity contribution is -0.385. The van der Waals surface area contributed by atoms with Gasteiger partial charge in [0.15, 0.2) is 0 Å². The molecule has 0 fully saturated rings. The Morgan fingerprint density at radius 2 is 0.789 bits per heavy atom. The van der Waals surface area contributed by atoms with Gasteiger partial charge in [0, 0.05) is 24.3 Å². The third kappa shape index (κ3) is 3.94. The Morgan fingerprint density at radius 1 is 0.395 bits per heavy atom. The molecule has 6 aromatic rings. The number of rotatable bonds is 5. The first-order chi connectivity index (χ1) is 18.5. The summed E-state index contributed by atoms with van der Waals surface area (Å²) in [6.07, 6.45) is 0. The molecular weight excluding hydrogens is 476 g/mol. The number of non-ortho nitro benzene ring substituents is 2. The smallest absolute Gasteiger partial charge is 0.258 e. The number of benzene rings is 6. The molecule has 0 saturated carbocycles. The minimum absolute atomic E-state index is 0.0229. The molecule has 0 aliphatic rings. The molecule has 0 unspecified atom stereocenters. The van der Waals surface area contributed by atoms with Gasteiger partial charge in [-0.25, -0.2) is 0 Å². The third-order valence-electron chi connectivity index (χ3n) is 6.88. The van der Waals surface area contributed by atoms with Crippen molar-refractivity contribution in [2.45, 2.75) is 0 Å². The van der Waals surface area contributed by atoms with Crippen molar-refractivity contribution in [3.05, 3.63) is 142 Å². The molecule has 6 nitrogen and oxygen atoms in total. The predicted octanol–water partition coefficient (Wildman–Crippen LogP) is 8.81. The standard InChI is InChI=1S/C32H20N2O4/c35-33(36)23-15-17-29(31(19-23)27-13-5-9-21-7-1-3-11-25(21)27)30-18-16-24(34(37)38)20-32(30)28-14-6-10-22-8-2-4-12-26(22)28/h1-20H. The van der Waals surface area contributed by atoms with Gasteiger partial charge in [0.25, 0.3) is 11.4 Å². The normalized spacial score (nSPS) is 11.1. The van der Waals surface area contributed by atoms with E-state index in [0.717, 1.165) is 43.8 Å². The van der Waals surface area contributed by atoms with Gasteiger partial charge in [-0.05, 0) is 67.1 Å². The summed E-state index contributed by atoms with van der Waals surface area (Å²) in [7, 11) is 0. The molecule has 38 heavy (non-hydrogen) atoms. The summed E-state index contributed by atoms with van der Waals surface area (Å²) in [4.78, 5) is 22.8. The van der Waals surface area contributed by atoms with Crippen LogP contribution in [-0.4, -0.2) is 9.85 Å². The lowest BCUT2D eigenvalue weighted by Crippen LogP contribution is -1.95. The first kappa shape index (κ1) is 23.1. The van der Waals surface area contributed by atoms with E-state index in [1.807, 2.05) is 84.9 Å². The maximum absolute atomic E-state index is 11.8. The summed E-state index contributed by atoms with van der Waals surface area (Å²) in [5, 5.41) is 27.5. The Bertz CT molecular complexity index is 1750. The zero-order chi connectivity index (χ0) is 26.2. The fourth-order valence-corrected chi connectivity index (χ4v) is 5.13. The SMILES string of the molecule is O=[N+]([O-])c1ccc(-c2ccc([N+](=O)[O-])cc2-c2cccc3ccccc23)c(-c2cccc3ccccc23)c1. The topological polar surface area (TPSA) is 86.3 Å². The average Bonchev–Trinajstić information content (AvgIpc) is 2.96. The van der Waals surface area contributed by atoms with Crippen LogP contribution in [0, 0.1) is 20.2 Å². The number of fused-ring (bicyclic) bond motifs is 2. The number of hydrogen-bond donors (Lipinski definition) is 0. The van der Waals surface area contributed by atoms with E-state index in [-0.39, 0.29) is 11.4 Å². The van der Waals surface area contributed by atoms with E-state index in [1.54, 1.807) is 24.3 Å². The van der Waals surface area contributed by atoms with Crippen LogP contribution in [-0.2, 0) is 0 Å². The van der Waals surface area contributed by atoms with Gasteiger partial charge >= 0.3 is 0 Å². The minimum Gasteiger partial charge on any atom is -0.258 e. The molecule has 0 amide bonds. The minimum atomic E-state index is -0.403. The first-order valence-electron chi connectivity index (χ1n) is 12.0. The Labute approximate surface area is 217 Å². The second-order valence-corrected chi connectivity index (χ2v) is 9.03. The third-order valence-corrected chi connectivity index (χ3v) is 6.88. The second kappa shape index (κ2) is 9.26. The number of nitro benzene ring substituents is 2. The van der Waals surface area contributed by atoms with E-state index in [4.69, 9.17) is 0 Å². The van der Waals surface area contributed by atoms with Crippen LogP contribution >= 0.6 is 0 Å². The maximum Gasteiger partial charge on any atom is 0.270 e. The maximum atomic E-state index is 11.8. The quantitative estimate of drug-likeness (QED) is 0.176. The fraction of sp³-hybridized carbons (Fsp3) is 0. The highest BCUT2D eigenvalue weighted by Gasteiger charge is 2.21. The number of nitrogens with zero attached hydrogens (tertiary/aromatic N) is 2. The van der Waals surface area contributed by atoms with Gasteiger partial charge in [-0.2, -0.15) is 0 Å². The van der Waals surface area contributed by atoms with E-state index in [0.29, 0.717) is 11.1 Å². The van der Waals surface area contributed by atoms with Crippen molar-refractivity contribution in [2.75, 3.05) is 0 Å². The summed E-state index contributed by atoms with van der Waals surface area (Å²) in [5.74, 6) is 0. The number of nitro groups is 2. The van der Waals surface area contributed by atoms with Crippen LogP contribution < -0.4 is 0 Å². The molecule has 6 heteroatoms. The van der Waals surface area contributed by atoms with Gasteiger partial charge in [0.05, 0.1) is 9.85 Å². The molecule has 0 aliphatic carbocycles. The van der Waals surface area contributed by atoms with Gasteiger partial charge in [-0.1, -0.05) is 84.9 Å². The summed E-state index contributed by atoms with van der Waals surface area (Å²) in [5.41, 5.74) is 4.54. The van der Waals surface area contributed by atoms with Crippen molar-refractivity contribution in [3.63, 3.8) is 0 Å². The van der Waals surface area contributed by atoms with Crippen molar-refractivity contribution in [1.82, 2.24) is 0 Å². The van der Waals surface area contributed by atoms with Crippen molar-refractivity contribution in [1.29, 1.82) is 0 Å². The summed E-state index contributed by atoms with van der Waals surface area (Å²) < 4.78 is 0. The summed E-state index contributed by atoms with van der Waals surface area (Å²) in [6.45, 7) is 0. The Kier molecular flexibility index (Phi) is 5.62. The van der Waals surface area contributed by atoms with Gasteiger partial charge in [0.1, 0.15) is 0 Å². The highest BCUT2D eigenvalue weighted by molar-refractivity contribution is 6.05. The molecule has 6 aromatic carbocycles. The van der Waals surface area contributed by atoms with Gasteiger partial charge < -0.3 is 0 Å². The lowest BCUT2D eigenvalue weighted by atomic mass is 9.86. The van der Waals surface area contributed by atoms with Crippen LogP contribution in [0.1, 0.15) is 0 Å². The van der Waals surface area contributed by atoms with E-state index < -0.39 is 9.85 Å². The zero-order valence-electron chi connectivity index (χ0n) is 20.1. The van der Waals surface area contributed by atoms with Crippen LogP contribution in [0.5, 0.6) is 0 Å². The van der Waals surface area contributed by atoms with Gasteiger partial charge in [-0.3, -0.25) is 20.2 Å². The first-order valence-corrected chi connectivity index (χ1v) is 12.0.